The summed E-state index contributed by atoms with van der Waals surface area (Å²) < 4.78 is 6.20. The molecular formula is C26H34N6O2S. The van der Waals surface area contributed by atoms with Crippen LogP contribution in [0.5, 0.6) is 5.75 Å². The summed E-state index contributed by atoms with van der Waals surface area (Å²) >= 11 is 1.61. The van der Waals surface area contributed by atoms with Crippen molar-refractivity contribution < 1.29 is 9.53 Å². The van der Waals surface area contributed by atoms with Gasteiger partial charge in [0.15, 0.2) is 0 Å². The van der Waals surface area contributed by atoms with Gasteiger partial charge in [0.25, 0.3) is 0 Å². The Balaban J connectivity index is 1.32. The van der Waals surface area contributed by atoms with E-state index < -0.39 is 0 Å². The molecule has 0 spiro atoms. The second kappa shape index (κ2) is 10.6. The number of benzene rings is 1. The molecule has 3 aromatic rings. The molecule has 35 heavy (non-hydrogen) atoms. The molecule has 2 aromatic heterocycles. The molecule has 4 heterocycles. The minimum atomic E-state index is -0.0333. The van der Waals surface area contributed by atoms with Gasteiger partial charge in [-0.05, 0) is 69.8 Å². The molecule has 3 unspecified atom stereocenters. The third kappa shape index (κ3) is 5.48. The molecule has 1 aromatic carbocycles. The predicted octanol–water partition coefficient (Wildman–Crippen LogP) is 3.49. The summed E-state index contributed by atoms with van der Waals surface area (Å²) in [5, 5.41) is 13.3. The number of aromatic nitrogens is 2. The van der Waals surface area contributed by atoms with Crippen LogP contribution in [-0.2, 0) is 4.79 Å². The zero-order valence-electron chi connectivity index (χ0n) is 20.6. The fourth-order valence-corrected chi connectivity index (χ4v) is 6.02. The van der Waals surface area contributed by atoms with E-state index in [1.807, 2.05) is 30.5 Å². The molecule has 1 amide bonds. The van der Waals surface area contributed by atoms with Crippen molar-refractivity contribution in [1.82, 2.24) is 25.5 Å². The first kappa shape index (κ1) is 24.1. The average molecular weight is 495 g/mol. The maximum absolute atomic E-state index is 13.3. The monoisotopic (exact) mass is 494 g/mol. The zero-order valence-corrected chi connectivity index (χ0v) is 21.4. The van der Waals surface area contributed by atoms with E-state index in [0.717, 1.165) is 65.4 Å². The number of carbonyl (C=O) groups excluding carboxylic acids is 1. The number of piperazine rings is 1. The number of nitrogens with zero attached hydrogens (tertiary/aromatic N) is 3. The molecule has 2 aliphatic heterocycles. The van der Waals surface area contributed by atoms with Crippen molar-refractivity contribution in [1.29, 1.82) is 0 Å². The first-order valence-corrected chi connectivity index (χ1v) is 13.3. The number of fused-ring (bicyclic) bond motifs is 1. The highest BCUT2D eigenvalue weighted by atomic mass is 32.1. The van der Waals surface area contributed by atoms with E-state index in [0.29, 0.717) is 0 Å². The van der Waals surface area contributed by atoms with Crippen molar-refractivity contribution in [3.8, 4) is 5.75 Å². The number of nitrogens with one attached hydrogen (secondary N) is 3. The van der Waals surface area contributed by atoms with Crippen molar-refractivity contribution >= 4 is 33.1 Å². The molecule has 0 radical (unpaired) electrons. The number of hydrogen-bond donors (Lipinski definition) is 3. The van der Waals surface area contributed by atoms with Crippen LogP contribution in [0.15, 0.2) is 36.0 Å². The SMILES string of the molecule is Cc1ccc(OC2CCNCC2)cc1NC(=O)CN1CC(C)NC(C)C1c1ncnc2sccc12. The van der Waals surface area contributed by atoms with Gasteiger partial charge in [-0.1, -0.05) is 6.07 Å². The van der Waals surface area contributed by atoms with Crippen LogP contribution in [0.4, 0.5) is 5.69 Å². The van der Waals surface area contributed by atoms with Crippen molar-refractivity contribution in [2.75, 3.05) is 31.5 Å². The number of rotatable bonds is 6. The highest BCUT2D eigenvalue weighted by Crippen LogP contribution is 2.33. The highest BCUT2D eigenvalue weighted by molar-refractivity contribution is 7.16. The Morgan fingerprint density at radius 1 is 1.23 bits per heavy atom. The van der Waals surface area contributed by atoms with Gasteiger partial charge in [-0.15, -0.1) is 11.3 Å². The molecule has 2 fully saturated rings. The smallest absolute Gasteiger partial charge is 0.238 e. The predicted molar refractivity (Wildman–Crippen MR) is 140 cm³/mol. The molecule has 5 rings (SSSR count). The van der Waals surface area contributed by atoms with E-state index in [2.05, 4.69) is 50.7 Å². The minimum Gasteiger partial charge on any atom is -0.490 e. The lowest BCUT2D eigenvalue weighted by Gasteiger charge is -2.43. The number of aryl methyl sites for hydroxylation is 1. The van der Waals surface area contributed by atoms with E-state index in [4.69, 9.17) is 4.74 Å². The summed E-state index contributed by atoms with van der Waals surface area (Å²) in [7, 11) is 0. The Labute approximate surface area is 210 Å². The van der Waals surface area contributed by atoms with Gasteiger partial charge in [-0.25, -0.2) is 9.97 Å². The van der Waals surface area contributed by atoms with Gasteiger partial charge < -0.3 is 20.7 Å². The van der Waals surface area contributed by atoms with Gasteiger partial charge in [0, 0.05) is 35.8 Å². The van der Waals surface area contributed by atoms with Gasteiger partial charge >= 0.3 is 0 Å². The lowest BCUT2D eigenvalue weighted by atomic mass is 9.97. The van der Waals surface area contributed by atoms with Crippen LogP contribution in [0.25, 0.3) is 10.2 Å². The number of piperidine rings is 1. The molecule has 186 valence electrons. The zero-order chi connectivity index (χ0) is 24.4. The van der Waals surface area contributed by atoms with Crippen LogP contribution in [0.2, 0.25) is 0 Å². The van der Waals surface area contributed by atoms with Crippen LogP contribution in [0, 0.1) is 6.92 Å². The van der Waals surface area contributed by atoms with Gasteiger partial charge in [0.2, 0.25) is 5.91 Å². The summed E-state index contributed by atoms with van der Waals surface area (Å²) in [5.74, 6) is 0.773. The number of thiophene rings is 1. The average Bonchev–Trinajstić information content (AvgIpc) is 3.31. The van der Waals surface area contributed by atoms with Gasteiger partial charge in [0.1, 0.15) is 23.0 Å². The normalized spacial score (nSPS) is 23.9. The first-order chi connectivity index (χ1) is 17.0. The van der Waals surface area contributed by atoms with Crippen LogP contribution < -0.4 is 20.7 Å². The molecule has 0 aliphatic carbocycles. The van der Waals surface area contributed by atoms with E-state index in [1.54, 1.807) is 17.7 Å². The summed E-state index contributed by atoms with van der Waals surface area (Å²) in [4.78, 5) is 25.6. The van der Waals surface area contributed by atoms with E-state index >= 15 is 0 Å². The molecule has 3 atom stereocenters. The Morgan fingerprint density at radius 2 is 2.06 bits per heavy atom. The summed E-state index contributed by atoms with van der Waals surface area (Å²) in [6, 6.07) is 8.44. The molecule has 2 aliphatic rings. The highest BCUT2D eigenvalue weighted by Gasteiger charge is 2.36. The summed E-state index contributed by atoms with van der Waals surface area (Å²) in [5.41, 5.74) is 2.80. The van der Waals surface area contributed by atoms with Crippen molar-refractivity contribution in [3.63, 3.8) is 0 Å². The Hall–Kier alpha value is -2.59. The fraction of sp³-hybridized carbons (Fsp3) is 0.500. The molecular weight excluding hydrogens is 460 g/mol. The van der Waals surface area contributed by atoms with Crippen molar-refractivity contribution in [2.45, 2.75) is 57.8 Å². The number of amides is 1. The molecule has 3 N–H and O–H groups in total. The third-order valence-corrected chi connectivity index (χ3v) is 7.73. The third-order valence-electron chi connectivity index (χ3n) is 6.91. The molecule has 0 bridgehead atoms. The lowest BCUT2D eigenvalue weighted by molar-refractivity contribution is -0.118. The fourth-order valence-electron chi connectivity index (χ4n) is 5.28. The Morgan fingerprint density at radius 3 is 2.89 bits per heavy atom. The van der Waals surface area contributed by atoms with Crippen molar-refractivity contribution in [3.05, 3.63) is 47.2 Å². The second-order valence-corrected chi connectivity index (χ2v) is 10.6. The molecule has 0 saturated carbocycles. The topological polar surface area (TPSA) is 91.4 Å². The lowest BCUT2D eigenvalue weighted by Crippen LogP contribution is -2.57. The molecule has 8 nitrogen and oxygen atoms in total. The van der Waals surface area contributed by atoms with Gasteiger partial charge in [-0.2, -0.15) is 0 Å². The van der Waals surface area contributed by atoms with E-state index in [1.165, 1.54) is 0 Å². The minimum absolute atomic E-state index is 0.0206. The number of anilines is 1. The maximum Gasteiger partial charge on any atom is 0.238 e. The maximum atomic E-state index is 13.3. The Bertz CT molecular complexity index is 1180. The van der Waals surface area contributed by atoms with Gasteiger partial charge in [-0.3, -0.25) is 9.69 Å². The van der Waals surface area contributed by atoms with E-state index in [-0.39, 0.29) is 36.7 Å². The van der Waals surface area contributed by atoms with Crippen molar-refractivity contribution in [2.24, 2.45) is 0 Å². The number of hydrogen-bond acceptors (Lipinski definition) is 8. The van der Waals surface area contributed by atoms with Crippen LogP contribution in [0.3, 0.4) is 0 Å². The standard InChI is InChI=1S/C26H34N6O2S/c1-16-4-5-20(34-19-6-9-27-10-7-19)12-22(16)31-23(33)14-32-13-17(2)30-18(3)25(32)24-21-8-11-35-26(21)29-15-28-24/h4-5,8,11-12,15,17-19,25,27,30H,6-7,9-10,13-14H2,1-3H3,(H,31,33). The molecule has 2 saturated heterocycles. The largest absolute Gasteiger partial charge is 0.490 e. The van der Waals surface area contributed by atoms with Crippen LogP contribution >= 0.6 is 11.3 Å². The van der Waals surface area contributed by atoms with Gasteiger partial charge in [0.05, 0.1) is 18.3 Å². The van der Waals surface area contributed by atoms with E-state index in [9.17, 15) is 4.79 Å². The van der Waals surface area contributed by atoms with Crippen LogP contribution in [0.1, 0.15) is 44.0 Å². The number of carbonyl (C=O) groups is 1. The number of ether oxygens (including phenoxy) is 1. The van der Waals surface area contributed by atoms with Crippen LogP contribution in [-0.4, -0.2) is 65.1 Å². The first-order valence-electron chi connectivity index (χ1n) is 12.4. The second-order valence-electron chi connectivity index (χ2n) is 9.72. The molecule has 9 heteroatoms. The summed E-state index contributed by atoms with van der Waals surface area (Å²) in [6.07, 6.45) is 3.84. The summed E-state index contributed by atoms with van der Waals surface area (Å²) in [6.45, 7) is 9.34. The quantitative estimate of drug-likeness (QED) is 0.483. The Kier molecular flexibility index (Phi) is 7.29.